The Morgan fingerprint density at radius 3 is 2.52 bits per heavy atom. The summed E-state index contributed by atoms with van der Waals surface area (Å²) in [6, 6.07) is 8.66. The van der Waals surface area contributed by atoms with E-state index >= 15 is 0 Å². The van der Waals surface area contributed by atoms with E-state index < -0.39 is 0 Å². The molecular formula is C29H38BN. The van der Waals surface area contributed by atoms with Gasteiger partial charge in [0.15, 0.2) is 0 Å². The van der Waals surface area contributed by atoms with Crippen molar-refractivity contribution in [2.75, 3.05) is 0 Å². The van der Waals surface area contributed by atoms with Crippen molar-refractivity contribution in [3.63, 3.8) is 0 Å². The molecule has 0 N–H and O–H groups in total. The van der Waals surface area contributed by atoms with Crippen molar-refractivity contribution in [2.45, 2.75) is 54.4 Å². The van der Waals surface area contributed by atoms with Crippen LogP contribution in [0.15, 0.2) is 108 Å². The highest BCUT2D eigenvalue weighted by atomic mass is 15.2. The Labute approximate surface area is 191 Å². The second kappa shape index (κ2) is 11.6. The average molecular weight is 411 g/mol. The van der Waals surface area contributed by atoms with Crippen LogP contribution in [0, 0.1) is 12.8 Å². The molecule has 1 aromatic carbocycles. The fourth-order valence-corrected chi connectivity index (χ4v) is 4.21. The maximum atomic E-state index is 4.52. The zero-order valence-corrected chi connectivity index (χ0v) is 20.3. The molecule has 0 amide bonds. The molecule has 1 unspecified atom stereocenters. The highest BCUT2D eigenvalue weighted by Gasteiger charge is 2.36. The van der Waals surface area contributed by atoms with E-state index in [2.05, 4.69) is 114 Å². The molecule has 0 radical (unpaired) electrons. The molecule has 0 fully saturated rings. The summed E-state index contributed by atoms with van der Waals surface area (Å²) in [5, 5.41) is 0. The van der Waals surface area contributed by atoms with Crippen molar-refractivity contribution in [1.29, 1.82) is 0 Å². The van der Waals surface area contributed by atoms with Gasteiger partial charge in [0.2, 0.25) is 6.71 Å². The highest BCUT2D eigenvalue weighted by Crippen LogP contribution is 2.36. The topological polar surface area (TPSA) is 3.24 Å². The maximum absolute atomic E-state index is 4.52. The van der Waals surface area contributed by atoms with E-state index in [-0.39, 0.29) is 6.71 Å². The van der Waals surface area contributed by atoms with Crippen LogP contribution in [0.5, 0.6) is 0 Å². The average Bonchev–Trinajstić information content (AvgIpc) is 2.76. The molecular weight excluding hydrogens is 373 g/mol. The van der Waals surface area contributed by atoms with Crippen LogP contribution >= 0.6 is 0 Å². The summed E-state index contributed by atoms with van der Waals surface area (Å²) in [5.74, 6) is 0.719. The number of hydrogen-bond donors (Lipinski definition) is 0. The Hall–Kier alpha value is -2.74. The monoisotopic (exact) mass is 411 g/mol. The molecule has 162 valence electrons. The number of rotatable bonds is 8. The van der Waals surface area contributed by atoms with Gasteiger partial charge < -0.3 is 4.90 Å². The SMILES string of the molecule is C=C/C=C\C1=C(C)N(/C(C)=C/C=C\CC(C)CC)C(=C)/C(=C\C)B1c1ccccc1C. The lowest BCUT2D eigenvalue weighted by atomic mass is 9.33. The Morgan fingerprint density at radius 1 is 1.19 bits per heavy atom. The van der Waals surface area contributed by atoms with E-state index in [4.69, 9.17) is 0 Å². The molecule has 0 bridgehead atoms. The molecule has 1 aliphatic rings. The molecule has 31 heavy (non-hydrogen) atoms. The number of hydrogen-bond acceptors (Lipinski definition) is 1. The largest absolute Gasteiger partial charge is 0.320 e. The number of benzene rings is 1. The summed E-state index contributed by atoms with van der Waals surface area (Å²) >= 11 is 0. The van der Waals surface area contributed by atoms with Crippen LogP contribution in [0.3, 0.4) is 0 Å². The van der Waals surface area contributed by atoms with E-state index in [1.54, 1.807) is 0 Å². The molecule has 0 saturated carbocycles. The molecule has 2 rings (SSSR count). The number of allylic oxidation sites excluding steroid dienone is 11. The van der Waals surface area contributed by atoms with Crippen molar-refractivity contribution in [1.82, 2.24) is 4.90 Å². The van der Waals surface area contributed by atoms with Crippen molar-refractivity contribution < 1.29 is 0 Å². The van der Waals surface area contributed by atoms with Gasteiger partial charge in [-0.2, -0.15) is 0 Å². The van der Waals surface area contributed by atoms with Crippen molar-refractivity contribution in [3.8, 4) is 0 Å². The minimum Gasteiger partial charge on any atom is -0.320 e. The van der Waals surface area contributed by atoms with Crippen LogP contribution in [0.4, 0.5) is 0 Å². The molecule has 1 aliphatic heterocycles. The summed E-state index contributed by atoms with van der Waals surface area (Å²) < 4.78 is 0. The van der Waals surface area contributed by atoms with Crippen LogP contribution in [0.25, 0.3) is 0 Å². The third-order valence-electron chi connectivity index (χ3n) is 6.26. The molecule has 1 nitrogen and oxygen atoms in total. The molecule has 0 aliphatic carbocycles. The first kappa shape index (κ1) is 24.5. The molecule has 1 heterocycles. The lowest BCUT2D eigenvalue weighted by Gasteiger charge is -2.39. The first-order valence-electron chi connectivity index (χ1n) is 11.4. The minimum absolute atomic E-state index is 0.167. The fraction of sp³-hybridized carbons (Fsp3) is 0.310. The van der Waals surface area contributed by atoms with Crippen LogP contribution in [0.1, 0.15) is 53.0 Å². The summed E-state index contributed by atoms with van der Waals surface area (Å²) in [6.45, 7) is 21.8. The van der Waals surface area contributed by atoms with E-state index in [9.17, 15) is 0 Å². The van der Waals surface area contributed by atoms with Crippen molar-refractivity contribution in [3.05, 3.63) is 114 Å². The summed E-state index contributed by atoms with van der Waals surface area (Å²) in [5.41, 5.74) is 8.60. The molecule has 1 aromatic rings. The zero-order chi connectivity index (χ0) is 23.0. The second-order valence-corrected chi connectivity index (χ2v) is 8.44. The fourth-order valence-electron chi connectivity index (χ4n) is 4.21. The molecule has 2 heteroatoms. The Balaban J connectivity index is 2.58. The van der Waals surface area contributed by atoms with Gasteiger partial charge >= 0.3 is 0 Å². The molecule has 0 saturated heterocycles. The third-order valence-corrected chi connectivity index (χ3v) is 6.26. The highest BCUT2D eigenvalue weighted by molar-refractivity contribution is 6.88. The number of aryl methyl sites for hydroxylation is 1. The van der Waals surface area contributed by atoms with Gasteiger partial charge in [0.05, 0.1) is 0 Å². The summed E-state index contributed by atoms with van der Waals surface area (Å²) in [6.07, 6.45) is 17.3. The summed E-state index contributed by atoms with van der Waals surface area (Å²) in [7, 11) is 0. The van der Waals surface area contributed by atoms with Crippen LogP contribution in [0.2, 0.25) is 0 Å². The zero-order valence-electron chi connectivity index (χ0n) is 20.3. The first-order chi connectivity index (χ1) is 14.9. The predicted molar refractivity (Wildman–Crippen MR) is 140 cm³/mol. The smallest absolute Gasteiger partial charge is 0.246 e. The minimum atomic E-state index is 0.167. The van der Waals surface area contributed by atoms with Gasteiger partial charge in [-0.15, -0.1) is 0 Å². The number of nitrogens with zero attached hydrogens (tertiary/aromatic N) is 1. The Kier molecular flexibility index (Phi) is 9.18. The van der Waals surface area contributed by atoms with Crippen LogP contribution < -0.4 is 5.46 Å². The van der Waals surface area contributed by atoms with Gasteiger partial charge in [-0.1, -0.05) is 105 Å². The maximum Gasteiger partial charge on any atom is 0.246 e. The lowest BCUT2D eigenvalue weighted by molar-refractivity contribution is 0.536. The lowest BCUT2D eigenvalue weighted by Crippen LogP contribution is -2.44. The van der Waals surface area contributed by atoms with E-state index in [1.165, 1.54) is 39.8 Å². The van der Waals surface area contributed by atoms with Gasteiger partial charge in [-0.25, -0.2) is 0 Å². The van der Waals surface area contributed by atoms with E-state index in [0.717, 1.165) is 18.0 Å². The van der Waals surface area contributed by atoms with Gasteiger partial charge in [0.1, 0.15) is 0 Å². The van der Waals surface area contributed by atoms with Crippen LogP contribution in [-0.4, -0.2) is 11.6 Å². The second-order valence-electron chi connectivity index (χ2n) is 8.44. The normalized spacial score (nSPS) is 18.1. The quantitative estimate of drug-likeness (QED) is 0.317. The van der Waals surface area contributed by atoms with Gasteiger partial charge in [-0.05, 0) is 57.1 Å². The Bertz CT molecular complexity index is 955. The van der Waals surface area contributed by atoms with Crippen molar-refractivity contribution >= 4 is 12.2 Å². The van der Waals surface area contributed by atoms with E-state index in [1.807, 2.05) is 12.2 Å². The molecule has 0 aromatic heterocycles. The molecule has 0 spiro atoms. The first-order valence-corrected chi connectivity index (χ1v) is 11.4. The van der Waals surface area contributed by atoms with Crippen molar-refractivity contribution in [2.24, 2.45) is 5.92 Å². The van der Waals surface area contributed by atoms with Gasteiger partial charge in [0.25, 0.3) is 0 Å². The summed E-state index contributed by atoms with van der Waals surface area (Å²) in [4.78, 5) is 2.29. The van der Waals surface area contributed by atoms with Crippen LogP contribution in [-0.2, 0) is 0 Å². The Morgan fingerprint density at radius 2 is 1.90 bits per heavy atom. The standard InChI is InChI=1S/C29H38BN/c1-9-12-20-29-26(8)31(24(6)19-15-13-17-22(4)10-2)25(7)27(11-3)30(29)28-21-16-14-18-23(28)5/h9,11-16,18-22H,1,7,10,17H2,2-6,8H3/b15-13-,20-12-,24-19+,27-11+. The molecule has 1 atom stereocenters. The van der Waals surface area contributed by atoms with Gasteiger partial charge in [0, 0.05) is 17.1 Å². The third kappa shape index (κ3) is 5.70. The van der Waals surface area contributed by atoms with Gasteiger partial charge in [-0.3, -0.25) is 0 Å². The predicted octanol–water partition coefficient (Wildman–Crippen LogP) is 7.46. The van der Waals surface area contributed by atoms with E-state index in [0.29, 0.717) is 0 Å².